The van der Waals surface area contributed by atoms with Crippen LogP contribution in [0.2, 0.25) is 5.02 Å². The fourth-order valence-electron chi connectivity index (χ4n) is 4.89. The summed E-state index contributed by atoms with van der Waals surface area (Å²) in [7, 11) is 0. The first kappa shape index (κ1) is 18.8. The number of anilines is 1. The van der Waals surface area contributed by atoms with Crippen molar-refractivity contribution < 1.29 is 18.7 Å². The van der Waals surface area contributed by atoms with Crippen LogP contribution < -0.4 is 16.0 Å². The molecule has 5 rings (SSSR count). The number of furan rings is 1. The van der Waals surface area contributed by atoms with Gasteiger partial charge in [-0.2, -0.15) is 0 Å². The molecule has 8 heteroatoms. The van der Waals surface area contributed by atoms with E-state index in [0.29, 0.717) is 22.8 Å². The highest BCUT2D eigenvalue weighted by Gasteiger charge is 2.43. The Balaban J connectivity index is 1.53. The van der Waals surface area contributed by atoms with E-state index in [-0.39, 0.29) is 23.8 Å². The van der Waals surface area contributed by atoms with Gasteiger partial charge in [-0.05, 0) is 37.8 Å². The summed E-state index contributed by atoms with van der Waals surface area (Å²) in [5, 5.41) is 10.1. The molecular formula is C21H24ClN3O4. The van der Waals surface area contributed by atoms with E-state index in [0.717, 1.165) is 62.5 Å². The van der Waals surface area contributed by atoms with Gasteiger partial charge in [0.1, 0.15) is 5.58 Å². The number of ether oxygens (including phenoxy) is 1. The lowest BCUT2D eigenvalue weighted by molar-refractivity contribution is 0.0836. The van der Waals surface area contributed by atoms with Crippen molar-refractivity contribution in [3.05, 3.63) is 28.5 Å². The molecule has 2 aliphatic heterocycles. The van der Waals surface area contributed by atoms with Gasteiger partial charge in [-0.15, -0.1) is 0 Å². The Bertz CT molecular complexity index is 974. The number of benzene rings is 1. The van der Waals surface area contributed by atoms with Crippen LogP contribution in [-0.4, -0.2) is 31.2 Å². The Morgan fingerprint density at radius 2 is 2.07 bits per heavy atom. The lowest BCUT2D eigenvalue weighted by Gasteiger charge is -2.42. The van der Waals surface area contributed by atoms with Crippen molar-refractivity contribution >= 4 is 40.2 Å². The molecule has 154 valence electrons. The molecule has 0 radical (unpaired) electrons. The first-order valence-electron chi connectivity index (χ1n) is 10.3. The number of carbonyl (C=O) groups excluding carboxylic acids is 2. The van der Waals surface area contributed by atoms with Gasteiger partial charge in [0.2, 0.25) is 0 Å². The van der Waals surface area contributed by atoms with Crippen LogP contribution >= 0.6 is 11.6 Å². The summed E-state index contributed by atoms with van der Waals surface area (Å²) in [6, 6.07) is 3.22. The van der Waals surface area contributed by atoms with Gasteiger partial charge in [0.05, 0.1) is 22.4 Å². The minimum atomic E-state index is -0.512. The highest BCUT2D eigenvalue weighted by Crippen LogP contribution is 2.48. The van der Waals surface area contributed by atoms with Crippen molar-refractivity contribution in [3.63, 3.8) is 0 Å². The summed E-state index contributed by atoms with van der Waals surface area (Å²) in [4.78, 5) is 25.0. The molecule has 2 aromatic rings. The predicted octanol–water partition coefficient (Wildman–Crippen LogP) is 4.29. The number of amides is 3. The van der Waals surface area contributed by atoms with Gasteiger partial charge in [0.25, 0.3) is 5.91 Å². The van der Waals surface area contributed by atoms with Gasteiger partial charge in [-0.25, -0.2) is 4.79 Å². The summed E-state index contributed by atoms with van der Waals surface area (Å²) >= 11 is 6.52. The van der Waals surface area contributed by atoms with E-state index in [4.69, 9.17) is 20.8 Å². The molecular weight excluding hydrogens is 394 g/mol. The number of halogens is 1. The zero-order valence-electron chi connectivity index (χ0n) is 16.1. The molecule has 0 bridgehead atoms. The molecule has 1 unspecified atom stereocenters. The van der Waals surface area contributed by atoms with Crippen LogP contribution in [0.5, 0.6) is 0 Å². The van der Waals surface area contributed by atoms with Crippen molar-refractivity contribution in [1.82, 2.24) is 10.6 Å². The van der Waals surface area contributed by atoms with Crippen molar-refractivity contribution in [2.75, 3.05) is 18.5 Å². The van der Waals surface area contributed by atoms with Crippen LogP contribution in [0.4, 0.5) is 10.5 Å². The second-order valence-corrected chi connectivity index (χ2v) is 8.61. The van der Waals surface area contributed by atoms with Crippen LogP contribution in [0.15, 0.2) is 16.5 Å². The lowest BCUT2D eigenvalue weighted by Crippen LogP contribution is -2.52. The van der Waals surface area contributed by atoms with Crippen LogP contribution in [0.1, 0.15) is 61.1 Å². The third kappa shape index (κ3) is 3.26. The molecule has 29 heavy (non-hydrogen) atoms. The van der Waals surface area contributed by atoms with Gasteiger partial charge >= 0.3 is 6.03 Å². The number of carbonyl (C=O) groups is 2. The van der Waals surface area contributed by atoms with Crippen molar-refractivity contribution in [1.29, 1.82) is 0 Å². The summed E-state index contributed by atoms with van der Waals surface area (Å²) in [6.07, 6.45) is 6.86. The average molecular weight is 418 g/mol. The van der Waals surface area contributed by atoms with Crippen LogP contribution in [0.3, 0.4) is 0 Å². The maximum Gasteiger partial charge on any atom is 0.319 e. The molecule has 3 N–H and O–H groups in total. The summed E-state index contributed by atoms with van der Waals surface area (Å²) in [5.41, 5.74) is 1.55. The monoisotopic (exact) mass is 417 g/mol. The van der Waals surface area contributed by atoms with Crippen LogP contribution in [0, 0.1) is 0 Å². The molecule has 1 aromatic carbocycles. The first-order chi connectivity index (χ1) is 14.1. The molecule has 2 fully saturated rings. The SMILES string of the molecule is O=C1Nc2c(Cl)cc3cc(C(=O)NCC4CCCO4)oc3c2C2(CCCCC2)N1. The lowest BCUT2D eigenvalue weighted by atomic mass is 9.74. The van der Waals surface area contributed by atoms with E-state index in [1.54, 1.807) is 12.1 Å². The largest absolute Gasteiger partial charge is 0.450 e. The standard InChI is InChI=1S/C21H24ClN3O4/c22-14-9-12-10-15(19(26)23-11-13-5-4-8-28-13)29-18(12)16-17(14)24-20(27)25-21(16)6-2-1-3-7-21/h9-10,13H,1-8,11H2,(H,23,26)(H2,24,25,27). The Morgan fingerprint density at radius 3 is 2.83 bits per heavy atom. The normalized spacial score (nSPS) is 22.9. The van der Waals surface area contributed by atoms with Gasteiger partial charge in [-0.1, -0.05) is 30.9 Å². The second kappa shape index (κ2) is 7.22. The van der Waals surface area contributed by atoms with Crippen molar-refractivity contribution in [2.45, 2.75) is 56.6 Å². The summed E-state index contributed by atoms with van der Waals surface area (Å²) in [5.74, 6) is -0.0302. The Hall–Kier alpha value is -2.25. The fraction of sp³-hybridized carbons (Fsp3) is 0.524. The van der Waals surface area contributed by atoms with E-state index in [2.05, 4.69) is 16.0 Å². The van der Waals surface area contributed by atoms with Gasteiger partial charge in [0.15, 0.2) is 5.76 Å². The molecule has 1 spiro atoms. The molecule has 1 aromatic heterocycles. The Labute approximate surface area is 173 Å². The third-order valence-electron chi connectivity index (χ3n) is 6.27. The molecule has 7 nitrogen and oxygen atoms in total. The molecule has 3 amide bonds. The van der Waals surface area contributed by atoms with Gasteiger partial charge in [0, 0.05) is 24.1 Å². The minimum Gasteiger partial charge on any atom is -0.450 e. The van der Waals surface area contributed by atoms with E-state index >= 15 is 0 Å². The van der Waals surface area contributed by atoms with Crippen LogP contribution in [-0.2, 0) is 10.3 Å². The minimum absolute atomic E-state index is 0.0652. The molecule has 1 saturated heterocycles. The maximum atomic E-state index is 12.7. The van der Waals surface area contributed by atoms with E-state index in [9.17, 15) is 9.59 Å². The van der Waals surface area contributed by atoms with E-state index < -0.39 is 5.54 Å². The molecule has 1 atom stereocenters. The third-order valence-corrected chi connectivity index (χ3v) is 6.57. The molecule has 3 aliphatic rings. The highest BCUT2D eigenvalue weighted by atomic mass is 35.5. The second-order valence-electron chi connectivity index (χ2n) is 8.20. The summed E-state index contributed by atoms with van der Waals surface area (Å²) < 4.78 is 11.6. The number of nitrogens with one attached hydrogen (secondary N) is 3. The number of fused-ring (bicyclic) bond motifs is 4. The Kier molecular flexibility index (Phi) is 4.67. The number of hydrogen-bond acceptors (Lipinski definition) is 4. The van der Waals surface area contributed by atoms with E-state index in [1.165, 1.54) is 0 Å². The van der Waals surface area contributed by atoms with Gasteiger partial charge in [-0.3, -0.25) is 4.79 Å². The number of urea groups is 1. The Morgan fingerprint density at radius 1 is 1.24 bits per heavy atom. The highest BCUT2D eigenvalue weighted by molar-refractivity contribution is 6.35. The first-order valence-corrected chi connectivity index (χ1v) is 10.7. The molecule has 1 aliphatic carbocycles. The quantitative estimate of drug-likeness (QED) is 0.694. The number of hydrogen-bond donors (Lipinski definition) is 3. The maximum absolute atomic E-state index is 12.7. The average Bonchev–Trinajstić information content (AvgIpc) is 3.36. The zero-order valence-corrected chi connectivity index (χ0v) is 16.9. The fourth-order valence-corrected chi connectivity index (χ4v) is 5.15. The predicted molar refractivity (Wildman–Crippen MR) is 109 cm³/mol. The van der Waals surface area contributed by atoms with Crippen LogP contribution in [0.25, 0.3) is 11.0 Å². The summed E-state index contributed by atoms with van der Waals surface area (Å²) in [6.45, 7) is 1.22. The molecule has 1 saturated carbocycles. The zero-order chi connectivity index (χ0) is 20.0. The van der Waals surface area contributed by atoms with Crippen molar-refractivity contribution in [2.24, 2.45) is 0 Å². The molecule has 3 heterocycles. The smallest absolute Gasteiger partial charge is 0.319 e. The van der Waals surface area contributed by atoms with E-state index in [1.807, 2.05) is 0 Å². The van der Waals surface area contributed by atoms with Crippen molar-refractivity contribution in [3.8, 4) is 0 Å². The topological polar surface area (TPSA) is 92.6 Å². The van der Waals surface area contributed by atoms with Gasteiger partial charge < -0.3 is 25.1 Å². The number of rotatable bonds is 3.